The van der Waals surface area contributed by atoms with Crippen LogP contribution in [-0.4, -0.2) is 24.6 Å². The van der Waals surface area contributed by atoms with Gasteiger partial charge in [0.2, 0.25) is 0 Å². The van der Waals surface area contributed by atoms with E-state index in [9.17, 15) is 0 Å². The number of hydrogen-bond acceptors (Lipinski definition) is 4. The highest BCUT2D eigenvalue weighted by Gasteiger charge is 2.19. The van der Waals surface area contributed by atoms with Gasteiger partial charge in [-0.3, -0.25) is 0 Å². The second-order valence-corrected chi connectivity index (χ2v) is 6.94. The number of rotatable bonds is 6. The molecule has 1 aliphatic rings. The Bertz CT molecular complexity index is 391. The lowest BCUT2D eigenvalue weighted by Crippen LogP contribution is -2.23. The Kier molecular flexibility index (Phi) is 6.30. The van der Waals surface area contributed by atoms with Crippen LogP contribution in [0.4, 0.5) is 5.13 Å². The molecule has 1 N–H and O–H groups in total. The summed E-state index contributed by atoms with van der Waals surface area (Å²) in [7, 11) is 0. The van der Waals surface area contributed by atoms with Crippen molar-refractivity contribution in [3.63, 3.8) is 0 Å². The lowest BCUT2D eigenvalue weighted by molar-refractivity contribution is 0.435. The monoisotopic (exact) mass is 295 g/mol. The van der Waals surface area contributed by atoms with E-state index in [1.54, 1.807) is 0 Å². The molecule has 1 aromatic rings. The Balaban J connectivity index is 1.94. The summed E-state index contributed by atoms with van der Waals surface area (Å²) in [5.74, 6) is 0.935. The molecule has 1 saturated heterocycles. The SMILES string of the molecule is CCCC1CCCN(c2ncc(C(C)NCC)s2)CC1. The molecule has 1 fully saturated rings. The van der Waals surface area contributed by atoms with E-state index in [1.807, 2.05) is 11.3 Å². The average molecular weight is 295 g/mol. The molecule has 3 nitrogen and oxygen atoms in total. The van der Waals surface area contributed by atoms with Gasteiger partial charge in [0.1, 0.15) is 0 Å². The lowest BCUT2D eigenvalue weighted by Gasteiger charge is -2.19. The van der Waals surface area contributed by atoms with E-state index in [0.717, 1.165) is 12.5 Å². The molecule has 0 aromatic carbocycles. The fourth-order valence-corrected chi connectivity index (χ4v) is 4.08. The summed E-state index contributed by atoms with van der Waals surface area (Å²) in [6.07, 6.45) is 8.84. The van der Waals surface area contributed by atoms with Gasteiger partial charge in [-0.1, -0.05) is 26.7 Å². The number of thiazole rings is 1. The summed E-state index contributed by atoms with van der Waals surface area (Å²) in [4.78, 5) is 8.52. The van der Waals surface area contributed by atoms with E-state index in [1.165, 1.54) is 55.2 Å². The quantitative estimate of drug-likeness (QED) is 0.851. The number of nitrogens with zero attached hydrogens (tertiary/aromatic N) is 2. The van der Waals surface area contributed by atoms with Crippen LogP contribution in [0.1, 0.15) is 63.8 Å². The van der Waals surface area contributed by atoms with E-state index in [0.29, 0.717) is 6.04 Å². The van der Waals surface area contributed by atoms with Crippen molar-refractivity contribution in [3.8, 4) is 0 Å². The van der Waals surface area contributed by atoms with Crippen LogP contribution in [0.25, 0.3) is 0 Å². The predicted octanol–water partition coefficient (Wildman–Crippen LogP) is 4.22. The Morgan fingerprint density at radius 2 is 2.25 bits per heavy atom. The molecule has 2 rings (SSSR count). The minimum Gasteiger partial charge on any atom is -0.348 e. The van der Waals surface area contributed by atoms with Crippen molar-refractivity contribution in [2.45, 2.75) is 58.9 Å². The molecular formula is C16H29N3S. The lowest BCUT2D eigenvalue weighted by atomic mass is 9.96. The zero-order chi connectivity index (χ0) is 14.4. The molecule has 1 aliphatic heterocycles. The molecule has 0 radical (unpaired) electrons. The maximum atomic E-state index is 4.66. The molecule has 2 atom stereocenters. The first-order valence-electron chi connectivity index (χ1n) is 8.18. The average Bonchev–Trinajstić information content (AvgIpc) is 2.81. The van der Waals surface area contributed by atoms with Gasteiger partial charge < -0.3 is 10.2 Å². The van der Waals surface area contributed by atoms with E-state index in [-0.39, 0.29) is 0 Å². The zero-order valence-corrected chi connectivity index (χ0v) is 14.0. The summed E-state index contributed by atoms with van der Waals surface area (Å²) in [6.45, 7) is 10.1. The summed E-state index contributed by atoms with van der Waals surface area (Å²) < 4.78 is 0. The smallest absolute Gasteiger partial charge is 0.185 e. The molecular weight excluding hydrogens is 266 g/mol. The molecule has 2 unspecified atom stereocenters. The third-order valence-electron chi connectivity index (χ3n) is 4.26. The molecule has 0 aliphatic carbocycles. The van der Waals surface area contributed by atoms with Gasteiger partial charge in [0.15, 0.2) is 5.13 Å². The minimum absolute atomic E-state index is 0.422. The molecule has 0 amide bonds. The van der Waals surface area contributed by atoms with Crippen molar-refractivity contribution < 1.29 is 0 Å². The fourth-order valence-electron chi connectivity index (χ4n) is 3.08. The second kappa shape index (κ2) is 7.99. The first-order chi connectivity index (χ1) is 9.74. The van der Waals surface area contributed by atoms with Crippen molar-refractivity contribution >= 4 is 16.5 Å². The summed E-state index contributed by atoms with van der Waals surface area (Å²) in [5.41, 5.74) is 0. The van der Waals surface area contributed by atoms with Gasteiger partial charge >= 0.3 is 0 Å². The van der Waals surface area contributed by atoms with E-state index >= 15 is 0 Å². The number of nitrogens with one attached hydrogen (secondary N) is 1. The van der Waals surface area contributed by atoms with Crippen LogP contribution in [0, 0.1) is 5.92 Å². The second-order valence-electron chi connectivity index (χ2n) is 5.90. The van der Waals surface area contributed by atoms with E-state index in [2.05, 4.69) is 42.2 Å². The van der Waals surface area contributed by atoms with Crippen molar-refractivity contribution in [2.24, 2.45) is 5.92 Å². The topological polar surface area (TPSA) is 28.2 Å². The van der Waals surface area contributed by atoms with Crippen LogP contribution in [0.5, 0.6) is 0 Å². The standard InChI is InChI=1S/C16H29N3S/c1-4-7-14-8-6-10-19(11-9-14)16-18-12-15(20-16)13(3)17-5-2/h12-14,17H,4-11H2,1-3H3. The number of anilines is 1. The van der Waals surface area contributed by atoms with Crippen molar-refractivity contribution in [3.05, 3.63) is 11.1 Å². The van der Waals surface area contributed by atoms with Crippen LogP contribution in [0.3, 0.4) is 0 Å². The molecule has 0 bridgehead atoms. The Morgan fingerprint density at radius 3 is 3.00 bits per heavy atom. The summed E-state index contributed by atoms with van der Waals surface area (Å²) >= 11 is 1.86. The Morgan fingerprint density at radius 1 is 1.40 bits per heavy atom. The van der Waals surface area contributed by atoms with Crippen molar-refractivity contribution in [1.82, 2.24) is 10.3 Å². The maximum Gasteiger partial charge on any atom is 0.185 e. The molecule has 2 heterocycles. The molecule has 114 valence electrons. The van der Waals surface area contributed by atoms with Gasteiger partial charge in [-0.25, -0.2) is 4.98 Å². The van der Waals surface area contributed by atoms with Crippen LogP contribution in [0.15, 0.2) is 6.20 Å². The molecule has 0 saturated carbocycles. The molecule has 4 heteroatoms. The van der Waals surface area contributed by atoms with Gasteiger partial charge in [0, 0.05) is 30.2 Å². The highest BCUT2D eigenvalue weighted by Crippen LogP contribution is 2.30. The maximum absolute atomic E-state index is 4.66. The molecule has 1 aromatic heterocycles. The predicted molar refractivity (Wildman–Crippen MR) is 88.7 cm³/mol. The highest BCUT2D eigenvalue weighted by molar-refractivity contribution is 7.15. The van der Waals surface area contributed by atoms with Crippen LogP contribution >= 0.6 is 11.3 Å². The van der Waals surface area contributed by atoms with Crippen molar-refractivity contribution in [2.75, 3.05) is 24.5 Å². The third-order valence-corrected chi connectivity index (χ3v) is 5.50. The van der Waals surface area contributed by atoms with Gasteiger partial charge in [-0.2, -0.15) is 0 Å². The van der Waals surface area contributed by atoms with Gasteiger partial charge in [0.05, 0.1) is 0 Å². The highest BCUT2D eigenvalue weighted by atomic mass is 32.1. The normalized spacial score (nSPS) is 21.8. The number of hydrogen-bond donors (Lipinski definition) is 1. The number of aromatic nitrogens is 1. The van der Waals surface area contributed by atoms with Crippen LogP contribution in [-0.2, 0) is 0 Å². The summed E-state index contributed by atoms with van der Waals surface area (Å²) in [5, 5.41) is 4.69. The fraction of sp³-hybridized carbons (Fsp3) is 0.812. The largest absolute Gasteiger partial charge is 0.348 e. The summed E-state index contributed by atoms with van der Waals surface area (Å²) in [6, 6.07) is 0.422. The van der Waals surface area contributed by atoms with Gasteiger partial charge in [-0.15, -0.1) is 11.3 Å². The Hall–Kier alpha value is -0.610. The molecule has 0 spiro atoms. The van der Waals surface area contributed by atoms with E-state index < -0.39 is 0 Å². The van der Waals surface area contributed by atoms with Crippen molar-refractivity contribution in [1.29, 1.82) is 0 Å². The zero-order valence-electron chi connectivity index (χ0n) is 13.2. The Labute approximate surface area is 127 Å². The minimum atomic E-state index is 0.422. The first-order valence-corrected chi connectivity index (χ1v) is 9.00. The first kappa shape index (κ1) is 15.8. The van der Waals surface area contributed by atoms with Crippen LogP contribution < -0.4 is 10.2 Å². The third kappa shape index (κ3) is 4.19. The van der Waals surface area contributed by atoms with Crippen LogP contribution in [0.2, 0.25) is 0 Å². The molecule has 20 heavy (non-hydrogen) atoms. The van der Waals surface area contributed by atoms with Gasteiger partial charge in [-0.05, 0) is 38.6 Å². The van der Waals surface area contributed by atoms with Gasteiger partial charge in [0.25, 0.3) is 0 Å². The van der Waals surface area contributed by atoms with E-state index in [4.69, 9.17) is 0 Å².